The van der Waals surface area contributed by atoms with Gasteiger partial charge in [-0.1, -0.05) is 0 Å². The van der Waals surface area contributed by atoms with Gasteiger partial charge >= 0.3 is 12.1 Å². The van der Waals surface area contributed by atoms with Crippen molar-refractivity contribution in [2.45, 2.75) is 6.18 Å². The van der Waals surface area contributed by atoms with Crippen LogP contribution in [-0.4, -0.2) is 33.8 Å². The Hall–Kier alpha value is -1.86. The van der Waals surface area contributed by atoms with Crippen LogP contribution in [0.5, 0.6) is 5.75 Å². The summed E-state index contributed by atoms with van der Waals surface area (Å²) in [6.45, 7) is -1.47. The molecule has 0 fully saturated rings. The molecule has 5 nitrogen and oxygen atoms in total. The molecular formula is C7H5F3N2O3. The predicted octanol–water partition coefficient (Wildman–Crippen LogP) is 1.12. The molecule has 15 heavy (non-hydrogen) atoms. The summed E-state index contributed by atoms with van der Waals surface area (Å²) in [6.07, 6.45) is -2.73. The van der Waals surface area contributed by atoms with Crippen LogP contribution in [0.1, 0.15) is 10.6 Å². The van der Waals surface area contributed by atoms with E-state index in [9.17, 15) is 18.0 Å². The van der Waals surface area contributed by atoms with Crippen molar-refractivity contribution in [3.63, 3.8) is 0 Å². The maximum absolute atomic E-state index is 11.7. The summed E-state index contributed by atoms with van der Waals surface area (Å²) in [6, 6.07) is 0. The lowest BCUT2D eigenvalue weighted by atomic mass is 10.5. The second kappa shape index (κ2) is 4.11. The van der Waals surface area contributed by atoms with E-state index in [0.717, 1.165) is 12.4 Å². The fourth-order valence-electron chi connectivity index (χ4n) is 0.666. The summed E-state index contributed by atoms with van der Waals surface area (Å²) in [4.78, 5) is 16.8. The highest BCUT2D eigenvalue weighted by molar-refractivity contribution is 5.82. The zero-order valence-electron chi connectivity index (χ0n) is 7.15. The Morgan fingerprint density at radius 1 is 1.40 bits per heavy atom. The largest absolute Gasteiger partial charge is 0.481 e. The average Bonchev–Trinajstić information content (AvgIpc) is 2.14. The second-order valence-electron chi connectivity index (χ2n) is 2.45. The lowest BCUT2D eigenvalue weighted by molar-refractivity contribution is -0.153. The molecule has 8 heteroatoms. The van der Waals surface area contributed by atoms with Gasteiger partial charge in [0, 0.05) is 0 Å². The van der Waals surface area contributed by atoms with E-state index in [1.54, 1.807) is 0 Å². The van der Waals surface area contributed by atoms with Crippen molar-refractivity contribution in [2.24, 2.45) is 0 Å². The molecule has 1 aromatic rings. The van der Waals surface area contributed by atoms with Crippen LogP contribution in [0.25, 0.3) is 0 Å². The van der Waals surface area contributed by atoms with E-state index in [-0.39, 0.29) is 5.75 Å². The Kier molecular flexibility index (Phi) is 3.08. The smallest absolute Gasteiger partial charge is 0.422 e. The van der Waals surface area contributed by atoms with Crippen molar-refractivity contribution in [3.8, 4) is 5.75 Å². The number of aromatic carboxylic acids is 1. The lowest BCUT2D eigenvalue weighted by Gasteiger charge is -2.07. The minimum atomic E-state index is -4.45. The maximum Gasteiger partial charge on any atom is 0.422 e. The molecule has 1 heterocycles. The summed E-state index contributed by atoms with van der Waals surface area (Å²) in [7, 11) is 0. The number of rotatable bonds is 3. The van der Waals surface area contributed by atoms with Gasteiger partial charge in [-0.15, -0.1) is 0 Å². The average molecular weight is 222 g/mol. The number of halogens is 3. The van der Waals surface area contributed by atoms with Crippen LogP contribution < -0.4 is 4.74 Å². The molecule has 82 valence electrons. The quantitative estimate of drug-likeness (QED) is 0.829. The van der Waals surface area contributed by atoms with E-state index in [2.05, 4.69) is 14.7 Å². The van der Waals surface area contributed by atoms with Crippen LogP contribution in [0.4, 0.5) is 13.2 Å². The third kappa shape index (κ3) is 3.79. The molecule has 0 bridgehead atoms. The highest BCUT2D eigenvalue weighted by Crippen LogP contribution is 2.16. The van der Waals surface area contributed by atoms with Crippen LogP contribution in [0.2, 0.25) is 0 Å². The molecule has 1 aromatic heterocycles. The number of carboxylic acids is 1. The summed E-state index contributed by atoms with van der Waals surface area (Å²) in [5.74, 6) is -2.11. The molecule has 0 radical (unpaired) electrons. The van der Waals surface area contributed by atoms with Gasteiger partial charge in [0.05, 0.1) is 12.4 Å². The number of nitrogens with zero attached hydrogens (tertiary/aromatic N) is 2. The Balaban J connectivity index is 2.61. The van der Waals surface area contributed by atoms with E-state index in [4.69, 9.17) is 5.11 Å². The van der Waals surface area contributed by atoms with Crippen LogP contribution in [0.15, 0.2) is 12.4 Å². The molecule has 0 unspecified atom stereocenters. The molecule has 0 aromatic carbocycles. The minimum absolute atomic E-state index is 0.239. The predicted molar refractivity (Wildman–Crippen MR) is 40.5 cm³/mol. The normalized spacial score (nSPS) is 11.1. The van der Waals surface area contributed by atoms with Gasteiger partial charge in [0.1, 0.15) is 0 Å². The van der Waals surface area contributed by atoms with Gasteiger partial charge in [-0.25, -0.2) is 14.8 Å². The first-order valence-corrected chi connectivity index (χ1v) is 3.63. The van der Waals surface area contributed by atoms with Crippen molar-refractivity contribution in [1.82, 2.24) is 9.97 Å². The Morgan fingerprint density at radius 2 is 1.93 bits per heavy atom. The van der Waals surface area contributed by atoms with Crippen molar-refractivity contribution < 1.29 is 27.8 Å². The van der Waals surface area contributed by atoms with Gasteiger partial charge in [-0.2, -0.15) is 13.2 Å². The number of alkyl halides is 3. The molecule has 0 saturated carbocycles. The molecular weight excluding hydrogens is 217 g/mol. The van der Waals surface area contributed by atoms with E-state index in [1.165, 1.54) is 0 Å². The first kappa shape index (κ1) is 11.2. The second-order valence-corrected chi connectivity index (χ2v) is 2.45. The molecule has 0 aliphatic carbocycles. The van der Waals surface area contributed by atoms with Gasteiger partial charge in [0.2, 0.25) is 5.82 Å². The Labute approximate surface area is 81.5 Å². The summed E-state index contributed by atoms with van der Waals surface area (Å²) in [5.41, 5.74) is 0. The lowest BCUT2D eigenvalue weighted by Crippen LogP contribution is -2.19. The van der Waals surface area contributed by atoms with Gasteiger partial charge < -0.3 is 9.84 Å². The van der Waals surface area contributed by atoms with E-state index in [0.29, 0.717) is 0 Å². The van der Waals surface area contributed by atoms with Crippen LogP contribution in [0, 0.1) is 0 Å². The number of carbonyl (C=O) groups is 1. The van der Waals surface area contributed by atoms with Gasteiger partial charge in [-0.05, 0) is 0 Å². The monoisotopic (exact) mass is 222 g/mol. The van der Waals surface area contributed by atoms with Gasteiger partial charge in [-0.3, -0.25) is 0 Å². The number of hydrogen-bond donors (Lipinski definition) is 1. The fourth-order valence-corrected chi connectivity index (χ4v) is 0.666. The van der Waals surface area contributed by atoms with Gasteiger partial charge in [0.15, 0.2) is 12.4 Å². The van der Waals surface area contributed by atoms with Crippen molar-refractivity contribution in [2.75, 3.05) is 6.61 Å². The molecule has 1 N–H and O–H groups in total. The highest BCUT2D eigenvalue weighted by atomic mass is 19.4. The molecule has 0 saturated heterocycles. The number of carboxylic acid groups (broad SMARTS) is 1. The third-order valence-corrected chi connectivity index (χ3v) is 1.22. The summed E-state index contributed by atoms with van der Waals surface area (Å²) in [5, 5.41) is 8.39. The summed E-state index contributed by atoms with van der Waals surface area (Å²) < 4.78 is 39.3. The zero-order valence-corrected chi connectivity index (χ0v) is 7.15. The van der Waals surface area contributed by atoms with Crippen molar-refractivity contribution in [1.29, 1.82) is 0 Å². The third-order valence-electron chi connectivity index (χ3n) is 1.22. The SMILES string of the molecule is O=C(O)c1ncc(OCC(F)(F)F)cn1. The molecule has 0 atom stereocenters. The van der Waals surface area contributed by atoms with E-state index >= 15 is 0 Å². The number of ether oxygens (including phenoxy) is 1. The first-order valence-electron chi connectivity index (χ1n) is 3.63. The van der Waals surface area contributed by atoms with Gasteiger partial charge in [0.25, 0.3) is 0 Å². The Bertz CT molecular complexity index is 349. The zero-order chi connectivity index (χ0) is 11.5. The number of hydrogen-bond acceptors (Lipinski definition) is 4. The first-order chi connectivity index (χ1) is 6.88. The molecule has 1 rings (SSSR count). The van der Waals surface area contributed by atoms with Crippen molar-refractivity contribution in [3.05, 3.63) is 18.2 Å². The standard InChI is InChI=1S/C7H5F3N2O3/c8-7(9,10)3-15-4-1-11-5(6(13)14)12-2-4/h1-2H,3H2,(H,13,14). The molecule has 0 amide bonds. The fraction of sp³-hybridized carbons (Fsp3) is 0.286. The molecule has 0 aliphatic rings. The topological polar surface area (TPSA) is 72.3 Å². The van der Waals surface area contributed by atoms with Crippen LogP contribution in [-0.2, 0) is 0 Å². The minimum Gasteiger partial charge on any atom is -0.481 e. The van der Waals surface area contributed by atoms with Crippen LogP contribution in [0.3, 0.4) is 0 Å². The highest BCUT2D eigenvalue weighted by Gasteiger charge is 2.28. The van der Waals surface area contributed by atoms with Crippen molar-refractivity contribution >= 4 is 5.97 Å². The Morgan fingerprint density at radius 3 is 2.33 bits per heavy atom. The molecule has 0 aliphatic heterocycles. The van der Waals surface area contributed by atoms with E-state index < -0.39 is 24.6 Å². The number of aromatic nitrogens is 2. The maximum atomic E-state index is 11.7. The van der Waals surface area contributed by atoms with Crippen LogP contribution >= 0.6 is 0 Å². The summed E-state index contributed by atoms with van der Waals surface area (Å²) >= 11 is 0. The van der Waals surface area contributed by atoms with E-state index in [1.807, 2.05) is 0 Å². The molecule has 0 spiro atoms.